The van der Waals surface area contributed by atoms with Crippen LogP contribution in [0.4, 0.5) is 5.82 Å². The van der Waals surface area contributed by atoms with Gasteiger partial charge in [0.05, 0.1) is 18.6 Å². The van der Waals surface area contributed by atoms with Crippen molar-refractivity contribution in [3.05, 3.63) is 96.6 Å². The zero-order valence-electron chi connectivity index (χ0n) is 21.1. The highest BCUT2D eigenvalue weighted by Gasteiger charge is 2.33. The number of thioether (sulfide) groups is 1. The Labute approximate surface area is 235 Å². The first-order valence-corrected chi connectivity index (χ1v) is 13.4. The molecule has 1 aliphatic heterocycles. The van der Waals surface area contributed by atoms with E-state index >= 15 is 0 Å². The van der Waals surface area contributed by atoms with Crippen LogP contribution in [0, 0.1) is 18.3 Å². The van der Waals surface area contributed by atoms with Crippen molar-refractivity contribution in [2.75, 3.05) is 12.4 Å². The van der Waals surface area contributed by atoms with Crippen molar-refractivity contribution in [2.45, 2.75) is 33.5 Å². The number of benzene rings is 2. The number of amides is 1. The van der Waals surface area contributed by atoms with E-state index in [1.807, 2.05) is 55.5 Å². The van der Waals surface area contributed by atoms with E-state index in [-0.39, 0.29) is 23.6 Å². The molecule has 2 aromatic carbocycles. The molecular formula is C28H25ClN4O3S2. The largest absolute Gasteiger partial charge is 0.497 e. The van der Waals surface area contributed by atoms with Crippen LogP contribution in [-0.2, 0) is 24.4 Å². The molecule has 1 aromatic heterocycles. The van der Waals surface area contributed by atoms with E-state index in [0.717, 1.165) is 16.9 Å². The molecule has 0 spiro atoms. The van der Waals surface area contributed by atoms with Crippen LogP contribution in [0.5, 0.6) is 5.75 Å². The molecule has 0 atom stereocenters. The zero-order chi connectivity index (χ0) is 27.4. The van der Waals surface area contributed by atoms with Crippen LogP contribution in [0.1, 0.15) is 34.7 Å². The number of carbonyl (C=O) groups is 1. The minimum atomic E-state index is -0.381. The first-order valence-electron chi connectivity index (χ1n) is 11.8. The number of aromatic nitrogens is 1. The number of ether oxygens (including phenoxy) is 1. The molecule has 0 bridgehead atoms. The van der Waals surface area contributed by atoms with Gasteiger partial charge in [-0.15, -0.1) is 0 Å². The lowest BCUT2D eigenvalue weighted by atomic mass is 10.0. The minimum Gasteiger partial charge on any atom is -0.497 e. The highest BCUT2D eigenvalue weighted by molar-refractivity contribution is 8.26. The molecule has 1 amide bonds. The maximum atomic E-state index is 13.4. The minimum absolute atomic E-state index is 0.0413. The van der Waals surface area contributed by atoms with Gasteiger partial charge in [0.2, 0.25) is 0 Å². The van der Waals surface area contributed by atoms with Crippen LogP contribution in [0.3, 0.4) is 0 Å². The molecule has 38 heavy (non-hydrogen) atoms. The molecule has 0 unspecified atom stereocenters. The summed E-state index contributed by atoms with van der Waals surface area (Å²) in [6.07, 6.45) is 1.71. The van der Waals surface area contributed by atoms with Gasteiger partial charge in [0.25, 0.3) is 11.5 Å². The summed E-state index contributed by atoms with van der Waals surface area (Å²) in [6.45, 7) is 4.56. The monoisotopic (exact) mass is 564 g/mol. The van der Waals surface area contributed by atoms with Gasteiger partial charge >= 0.3 is 0 Å². The predicted octanol–water partition coefficient (Wildman–Crippen LogP) is 5.72. The van der Waals surface area contributed by atoms with Gasteiger partial charge in [0, 0.05) is 23.7 Å². The molecule has 4 rings (SSSR count). The maximum absolute atomic E-state index is 13.4. The molecule has 3 aromatic rings. The quantitative estimate of drug-likeness (QED) is 0.276. The van der Waals surface area contributed by atoms with Gasteiger partial charge in [-0.3, -0.25) is 19.1 Å². The summed E-state index contributed by atoms with van der Waals surface area (Å²) in [5, 5.41) is 13.7. The van der Waals surface area contributed by atoms with E-state index in [2.05, 4.69) is 5.32 Å². The summed E-state index contributed by atoms with van der Waals surface area (Å²) in [7, 11) is 1.61. The zero-order valence-corrected chi connectivity index (χ0v) is 23.5. The Morgan fingerprint density at radius 2 is 1.89 bits per heavy atom. The van der Waals surface area contributed by atoms with Crippen molar-refractivity contribution in [1.29, 1.82) is 5.26 Å². The van der Waals surface area contributed by atoms with E-state index in [1.54, 1.807) is 26.2 Å². The maximum Gasteiger partial charge on any atom is 0.270 e. The van der Waals surface area contributed by atoms with Crippen LogP contribution < -0.4 is 15.6 Å². The van der Waals surface area contributed by atoms with Gasteiger partial charge in [-0.2, -0.15) is 5.26 Å². The molecule has 194 valence electrons. The van der Waals surface area contributed by atoms with Crippen molar-refractivity contribution < 1.29 is 9.53 Å². The predicted molar refractivity (Wildman–Crippen MR) is 156 cm³/mol. The van der Waals surface area contributed by atoms with E-state index in [4.69, 9.17) is 28.6 Å². The van der Waals surface area contributed by atoms with Crippen LogP contribution in [-0.4, -0.2) is 26.8 Å². The normalized spacial score (nSPS) is 14.2. The number of rotatable bonds is 8. The number of hydrogen-bond donors (Lipinski definition) is 1. The standard InChI is InChI=1S/C28H25ClN4O3S2/c1-4-32-25(31-15-18-9-11-20(36-3)12-10-18)21(17(2)22(14-30)26(32)34)13-24-27(35)33(28(37)38-24)16-19-7-5-6-8-23(19)29/h5-13,31H,4,15-16H2,1-3H3/b24-13+. The molecule has 1 N–H and O–H groups in total. The van der Waals surface area contributed by atoms with Gasteiger partial charge in [0.15, 0.2) is 0 Å². The van der Waals surface area contributed by atoms with Crippen LogP contribution in [0.15, 0.2) is 58.2 Å². The van der Waals surface area contributed by atoms with Gasteiger partial charge in [-0.1, -0.05) is 65.9 Å². The van der Waals surface area contributed by atoms with Gasteiger partial charge in [0.1, 0.15) is 27.5 Å². The average molecular weight is 565 g/mol. The Morgan fingerprint density at radius 3 is 2.53 bits per heavy atom. The van der Waals surface area contributed by atoms with Crippen molar-refractivity contribution in [3.63, 3.8) is 0 Å². The SMILES string of the molecule is CCn1c(NCc2ccc(OC)cc2)c(/C=C2/SC(=S)N(Cc3ccccc3Cl)C2=O)c(C)c(C#N)c1=O. The Bertz CT molecular complexity index is 1540. The number of nitrogens with one attached hydrogen (secondary N) is 1. The Kier molecular flexibility index (Phi) is 8.57. The third-order valence-corrected chi connectivity index (χ3v) is 7.99. The number of nitriles is 1. The fraction of sp³-hybridized carbons (Fsp3) is 0.214. The number of pyridine rings is 1. The average Bonchev–Trinajstić information content (AvgIpc) is 3.18. The van der Waals surface area contributed by atoms with E-state index in [0.29, 0.717) is 44.3 Å². The van der Waals surface area contributed by atoms with Crippen LogP contribution >= 0.6 is 35.6 Å². The van der Waals surface area contributed by atoms with Gasteiger partial charge < -0.3 is 10.1 Å². The molecule has 2 heterocycles. The van der Waals surface area contributed by atoms with Crippen LogP contribution in [0.25, 0.3) is 6.08 Å². The summed E-state index contributed by atoms with van der Waals surface area (Å²) >= 11 is 13.0. The Hall–Kier alpha value is -3.58. The van der Waals surface area contributed by atoms with E-state index in [1.165, 1.54) is 21.2 Å². The number of anilines is 1. The fourth-order valence-corrected chi connectivity index (χ4v) is 5.58. The molecule has 1 saturated heterocycles. The Morgan fingerprint density at radius 1 is 1.18 bits per heavy atom. The van der Waals surface area contributed by atoms with Gasteiger partial charge in [-0.05, 0) is 54.8 Å². The molecule has 0 radical (unpaired) electrons. The van der Waals surface area contributed by atoms with Crippen molar-refractivity contribution >= 4 is 57.7 Å². The highest BCUT2D eigenvalue weighted by atomic mass is 35.5. The first-order chi connectivity index (χ1) is 18.3. The number of hydrogen-bond acceptors (Lipinski definition) is 7. The lowest BCUT2D eigenvalue weighted by Gasteiger charge is -2.19. The summed E-state index contributed by atoms with van der Waals surface area (Å²) < 4.78 is 7.16. The number of halogens is 1. The summed E-state index contributed by atoms with van der Waals surface area (Å²) in [4.78, 5) is 28.4. The third kappa shape index (κ3) is 5.48. The second-order valence-electron chi connectivity index (χ2n) is 8.48. The second kappa shape index (κ2) is 11.9. The molecule has 0 saturated carbocycles. The second-order valence-corrected chi connectivity index (χ2v) is 10.6. The topological polar surface area (TPSA) is 87.4 Å². The summed E-state index contributed by atoms with van der Waals surface area (Å²) in [5.41, 5.74) is 2.51. The van der Waals surface area contributed by atoms with Crippen molar-refractivity contribution in [2.24, 2.45) is 0 Å². The van der Waals surface area contributed by atoms with Gasteiger partial charge in [-0.25, -0.2) is 0 Å². The highest BCUT2D eigenvalue weighted by Crippen LogP contribution is 2.36. The van der Waals surface area contributed by atoms with Crippen LogP contribution in [0.2, 0.25) is 5.02 Å². The van der Waals surface area contributed by atoms with Crippen molar-refractivity contribution in [3.8, 4) is 11.8 Å². The molecule has 0 aliphatic carbocycles. The van der Waals surface area contributed by atoms with Crippen molar-refractivity contribution in [1.82, 2.24) is 9.47 Å². The summed E-state index contributed by atoms with van der Waals surface area (Å²) in [5.74, 6) is 1.02. The van der Waals surface area contributed by atoms with E-state index < -0.39 is 0 Å². The molecular weight excluding hydrogens is 540 g/mol. The smallest absolute Gasteiger partial charge is 0.270 e. The lowest BCUT2D eigenvalue weighted by Crippen LogP contribution is -2.28. The summed E-state index contributed by atoms with van der Waals surface area (Å²) in [6, 6.07) is 16.9. The third-order valence-electron chi connectivity index (χ3n) is 6.25. The number of thiocarbonyl (C=S) groups is 1. The number of carbonyl (C=O) groups excluding carboxylic acids is 1. The lowest BCUT2D eigenvalue weighted by molar-refractivity contribution is -0.122. The first kappa shape index (κ1) is 27.5. The molecule has 1 aliphatic rings. The Balaban J connectivity index is 1.74. The fourth-order valence-electron chi connectivity index (χ4n) is 4.15. The number of methoxy groups -OCH3 is 1. The molecule has 10 heteroatoms. The molecule has 7 nitrogen and oxygen atoms in total. The van der Waals surface area contributed by atoms with E-state index in [9.17, 15) is 14.9 Å². The molecule has 1 fully saturated rings. The number of nitrogens with zero attached hydrogens (tertiary/aromatic N) is 3.